The molecule has 7 nitrogen and oxygen atoms in total. The van der Waals surface area contributed by atoms with Crippen LogP contribution < -0.4 is 5.73 Å². The minimum absolute atomic E-state index is 0.207. The zero-order valence-corrected chi connectivity index (χ0v) is 8.97. The highest BCUT2D eigenvalue weighted by Gasteiger charge is 2.21. The minimum Gasteiger partial charge on any atom is -0.462 e. The fourth-order valence-electron chi connectivity index (χ4n) is 1.47. The molecule has 0 atom stereocenters. The maximum Gasteiger partial charge on any atom is 0.342 e. The van der Waals surface area contributed by atoms with E-state index in [-0.39, 0.29) is 5.82 Å². The van der Waals surface area contributed by atoms with E-state index in [1.165, 1.54) is 11.0 Å². The van der Waals surface area contributed by atoms with Crippen LogP contribution in [0.1, 0.15) is 23.0 Å². The zero-order valence-electron chi connectivity index (χ0n) is 8.97. The molecule has 0 amide bonds. The average molecular weight is 221 g/mol. The first-order valence-electron chi connectivity index (χ1n) is 4.78. The molecular formula is C9H11N5O2. The van der Waals surface area contributed by atoms with Crippen LogP contribution in [0.25, 0.3) is 5.52 Å². The summed E-state index contributed by atoms with van der Waals surface area (Å²) in [5.41, 5.74) is 6.91. The molecule has 2 N–H and O–H groups in total. The number of esters is 1. The van der Waals surface area contributed by atoms with Gasteiger partial charge in [0.05, 0.1) is 12.3 Å². The quantitative estimate of drug-likeness (QED) is 0.727. The van der Waals surface area contributed by atoms with Gasteiger partial charge in [-0.25, -0.2) is 9.78 Å². The predicted molar refractivity (Wildman–Crippen MR) is 55.9 cm³/mol. The van der Waals surface area contributed by atoms with Gasteiger partial charge in [-0.3, -0.25) is 0 Å². The molecule has 0 saturated carbocycles. The fraction of sp³-hybridized carbons (Fsp3) is 0.333. The Morgan fingerprint density at radius 1 is 1.62 bits per heavy atom. The maximum atomic E-state index is 11.7. The molecule has 0 aliphatic heterocycles. The second-order valence-electron chi connectivity index (χ2n) is 3.16. The molecule has 0 saturated heterocycles. The molecule has 0 aliphatic rings. The van der Waals surface area contributed by atoms with E-state index in [0.717, 1.165) is 0 Å². The largest absolute Gasteiger partial charge is 0.462 e. The van der Waals surface area contributed by atoms with Gasteiger partial charge in [-0.2, -0.15) is 5.10 Å². The highest BCUT2D eigenvalue weighted by atomic mass is 16.5. The van der Waals surface area contributed by atoms with Crippen molar-refractivity contribution >= 4 is 17.3 Å². The van der Waals surface area contributed by atoms with Crippen molar-refractivity contribution in [1.29, 1.82) is 0 Å². The molecule has 2 aromatic rings. The molecule has 0 aliphatic carbocycles. The summed E-state index contributed by atoms with van der Waals surface area (Å²) in [4.78, 5) is 15.5. The van der Waals surface area contributed by atoms with Crippen molar-refractivity contribution < 1.29 is 9.53 Å². The first kappa shape index (κ1) is 10.3. The number of aryl methyl sites for hydroxylation is 1. The SMILES string of the molecule is CCOC(=O)c1c(C)nn2ncnc(N)c12. The number of nitrogen functional groups attached to an aromatic ring is 1. The summed E-state index contributed by atoms with van der Waals surface area (Å²) in [5.74, 6) is -0.254. The molecule has 0 radical (unpaired) electrons. The van der Waals surface area contributed by atoms with Crippen molar-refractivity contribution in [3.05, 3.63) is 17.6 Å². The van der Waals surface area contributed by atoms with Gasteiger partial charge < -0.3 is 10.5 Å². The number of aromatic nitrogens is 4. The highest BCUT2D eigenvalue weighted by molar-refractivity contribution is 6.00. The minimum atomic E-state index is -0.462. The predicted octanol–water partition coefficient (Wildman–Crippen LogP) is 0.192. The van der Waals surface area contributed by atoms with Gasteiger partial charge in [-0.05, 0) is 13.8 Å². The van der Waals surface area contributed by atoms with E-state index >= 15 is 0 Å². The molecule has 2 rings (SSSR count). The summed E-state index contributed by atoms with van der Waals surface area (Å²) in [6, 6.07) is 0. The lowest BCUT2D eigenvalue weighted by Gasteiger charge is -2.01. The van der Waals surface area contributed by atoms with Gasteiger partial charge in [0.2, 0.25) is 0 Å². The molecule has 0 aromatic carbocycles. The van der Waals surface area contributed by atoms with E-state index in [4.69, 9.17) is 10.5 Å². The van der Waals surface area contributed by atoms with Crippen LogP contribution in [0, 0.1) is 6.92 Å². The molecule has 16 heavy (non-hydrogen) atoms. The number of rotatable bonds is 2. The Labute approximate surface area is 91.2 Å². The number of fused-ring (bicyclic) bond motifs is 1. The molecule has 84 valence electrons. The molecule has 0 fully saturated rings. The first-order valence-corrected chi connectivity index (χ1v) is 4.78. The normalized spacial score (nSPS) is 10.6. The Morgan fingerprint density at radius 3 is 3.06 bits per heavy atom. The lowest BCUT2D eigenvalue weighted by Crippen LogP contribution is -2.07. The Morgan fingerprint density at radius 2 is 2.38 bits per heavy atom. The van der Waals surface area contributed by atoms with Crippen molar-refractivity contribution in [3.63, 3.8) is 0 Å². The van der Waals surface area contributed by atoms with Gasteiger partial charge in [0.1, 0.15) is 17.4 Å². The van der Waals surface area contributed by atoms with E-state index in [0.29, 0.717) is 23.4 Å². The van der Waals surface area contributed by atoms with Crippen LogP contribution in [-0.4, -0.2) is 32.4 Å². The van der Waals surface area contributed by atoms with Crippen LogP contribution in [0.2, 0.25) is 0 Å². The van der Waals surface area contributed by atoms with Gasteiger partial charge in [-0.15, -0.1) is 9.73 Å². The lowest BCUT2D eigenvalue weighted by molar-refractivity contribution is 0.0528. The Bertz CT molecular complexity index is 548. The van der Waals surface area contributed by atoms with Crippen LogP contribution in [0.5, 0.6) is 0 Å². The van der Waals surface area contributed by atoms with Crippen molar-refractivity contribution in [2.45, 2.75) is 13.8 Å². The zero-order chi connectivity index (χ0) is 11.7. The maximum absolute atomic E-state index is 11.7. The first-order chi connectivity index (χ1) is 7.65. The smallest absolute Gasteiger partial charge is 0.342 e. The molecule has 0 unspecified atom stereocenters. The summed E-state index contributed by atoms with van der Waals surface area (Å²) in [7, 11) is 0. The van der Waals surface area contributed by atoms with Crippen LogP contribution in [0.15, 0.2) is 6.33 Å². The second-order valence-corrected chi connectivity index (χ2v) is 3.16. The average Bonchev–Trinajstić information content (AvgIpc) is 2.56. The van der Waals surface area contributed by atoms with Crippen LogP contribution in [-0.2, 0) is 4.74 Å². The monoisotopic (exact) mass is 221 g/mol. The number of nitrogens with zero attached hydrogens (tertiary/aromatic N) is 4. The van der Waals surface area contributed by atoms with Gasteiger partial charge in [0.25, 0.3) is 0 Å². The van der Waals surface area contributed by atoms with E-state index < -0.39 is 5.97 Å². The van der Waals surface area contributed by atoms with Crippen molar-refractivity contribution in [2.24, 2.45) is 0 Å². The molecule has 0 spiro atoms. The van der Waals surface area contributed by atoms with Crippen LogP contribution >= 0.6 is 0 Å². The third-order valence-electron chi connectivity index (χ3n) is 2.12. The van der Waals surface area contributed by atoms with E-state index in [2.05, 4.69) is 15.2 Å². The third-order valence-corrected chi connectivity index (χ3v) is 2.12. The van der Waals surface area contributed by atoms with Crippen LogP contribution in [0.4, 0.5) is 5.82 Å². The lowest BCUT2D eigenvalue weighted by atomic mass is 10.2. The van der Waals surface area contributed by atoms with Gasteiger partial charge >= 0.3 is 5.97 Å². The van der Waals surface area contributed by atoms with Gasteiger partial charge in [-0.1, -0.05) is 0 Å². The van der Waals surface area contributed by atoms with E-state index in [1.54, 1.807) is 13.8 Å². The molecular weight excluding hydrogens is 210 g/mol. The summed E-state index contributed by atoms with van der Waals surface area (Å²) < 4.78 is 6.21. The number of carbonyl (C=O) groups excluding carboxylic acids is 1. The van der Waals surface area contributed by atoms with E-state index in [9.17, 15) is 4.79 Å². The Balaban J connectivity index is 2.68. The van der Waals surface area contributed by atoms with Crippen molar-refractivity contribution in [3.8, 4) is 0 Å². The van der Waals surface area contributed by atoms with Gasteiger partial charge in [0, 0.05) is 0 Å². The Kier molecular flexibility index (Phi) is 2.43. The summed E-state index contributed by atoms with van der Waals surface area (Å²) in [6.45, 7) is 3.72. The number of ether oxygens (including phenoxy) is 1. The molecule has 7 heteroatoms. The number of hydrogen-bond acceptors (Lipinski definition) is 6. The molecule has 2 heterocycles. The topological polar surface area (TPSA) is 95.4 Å². The van der Waals surface area contributed by atoms with Crippen molar-refractivity contribution in [1.82, 2.24) is 19.8 Å². The van der Waals surface area contributed by atoms with Gasteiger partial charge in [0.15, 0.2) is 5.82 Å². The number of nitrogens with two attached hydrogens (primary N) is 1. The third kappa shape index (κ3) is 1.46. The standard InChI is InChI=1S/C9H11N5O2/c1-3-16-9(15)6-5(2)13-14-7(6)8(10)11-4-12-14/h4H,3H2,1-2H3,(H2,10,11,12). The summed E-state index contributed by atoms with van der Waals surface area (Å²) in [5, 5.41) is 7.93. The number of hydrogen-bond donors (Lipinski definition) is 1. The fourth-order valence-corrected chi connectivity index (χ4v) is 1.47. The Hall–Kier alpha value is -2.18. The molecule has 0 bridgehead atoms. The second kappa shape index (κ2) is 3.76. The number of carbonyl (C=O) groups is 1. The number of anilines is 1. The van der Waals surface area contributed by atoms with Crippen molar-refractivity contribution in [2.75, 3.05) is 12.3 Å². The summed E-state index contributed by atoms with van der Waals surface area (Å²) >= 11 is 0. The summed E-state index contributed by atoms with van der Waals surface area (Å²) in [6.07, 6.45) is 1.28. The van der Waals surface area contributed by atoms with E-state index in [1.807, 2.05) is 0 Å². The molecule has 2 aromatic heterocycles. The van der Waals surface area contributed by atoms with Crippen LogP contribution in [0.3, 0.4) is 0 Å². The highest BCUT2D eigenvalue weighted by Crippen LogP contribution is 2.19.